The molecular formula is C29H29N3O3. The number of benzene rings is 3. The maximum absolute atomic E-state index is 12.8. The fourth-order valence-electron chi connectivity index (χ4n) is 4.50. The molecule has 6 heteroatoms. The molecule has 1 amide bonds. The van der Waals surface area contributed by atoms with Gasteiger partial charge in [-0.2, -0.15) is 5.26 Å². The lowest BCUT2D eigenvalue weighted by Crippen LogP contribution is -2.34. The topological polar surface area (TPSA) is 116 Å². The van der Waals surface area contributed by atoms with Gasteiger partial charge >= 0.3 is 5.97 Å². The van der Waals surface area contributed by atoms with Crippen LogP contribution in [0.3, 0.4) is 0 Å². The molecule has 1 aliphatic carbocycles. The van der Waals surface area contributed by atoms with Crippen molar-refractivity contribution in [1.82, 2.24) is 5.32 Å². The van der Waals surface area contributed by atoms with Gasteiger partial charge < -0.3 is 16.2 Å². The fraction of sp³-hybridized carbons (Fsp3) is 0.276. The molecule has 35 heavy (non-hydrogen) atoms. The molecule has 4 N–H and O–H groups in total. The van der Waals surface area contributed by atoms with Crippen molar-refractivity contribution >= 4 is 11.9 Å². The van der Waals surface area contributed by atoms with Crippen LogP contribution in [0.4, 0.5) is 0 Å². The van der Waals surface area contributed by atoms with E-state index in [-0.39, 0.29) is 18.2 Å². The molecule has 0 radical (unpaired) electrons. The van der Waals surface area contributed by atoms with Gasteiger partial charge in [-0.25, -0.2) is 0 Å². The van der Waals surface area contributed by atoms with Crippen LogP contribution in [0.15, 0.2) is 72.8 Å². The Morgan fingerprint density at radius 3 is 2.09 bits per heavy atom. The summed E-state index contributed by atoms with van der Waals surface area (Å²) in [7, 11) is 0. The molecule has 0 heterocycles. The lowest BCUT2D eigenvalue weighted by atomic mass is 9.73. The average Bonchev–Trinajstić information content (AvgIpc) is 2.85. The van der Waals surface area contributed by atoms with Crippen LogP contribution in [0, 0.1) is 17.2 Å². The molecule has 0 aliphatic heterocycles. The van der Waals surface area contributed by atoms with Gasteiger partial charge in [-0.15, -0.1) is 0 Å². The predicted octanol–water partition coefficient (Wildman–Crippen LogP) is 4.49. The zero-order valence-electron chi connectivity index (χ0n) is 19.5. The van der Waals surface area contributed by atoms with Gasteiger partial charge in [0.25, 0.3) is 5.91 Å². The van der Waals surface area contributed by atoms with Crippen molar-refractivity contribution in [2.24, 2.45) is 11.7 Å². The van der Waals surface area contributed by atoms with Crippen LogP contribution in [0.25, 0.3) is 11.1 Å². The summed E-state index contributed by atoms with van der Waals surface area (Å²) in [6.07, 6.45) is 3.77. The van der Waals surface area contributed by atoms with Crippen molar-refractivity contribution in [3.8, 4) is 17.2 Å². The van der Waals surface area contributed by atoms with Crippen molar-refractivity contribution in [3.63, 3.8) is 0 Å². The van der Waals surface area contributed by atoms with Gasteiger partial charge in [-0.1, -0.05) is 55.0 Å². The Balaban J connectivity index is 1.41. The Bertz CT molecular complexity index is 1210. The summed E-state index contributed by atoms with van der Waals surface area (Å²) in [6, 6.07) is 24.2. The first kappa shape index (κ1) is 24.2. The summed E-state index contributed by atoms with van der Waals surface area (Å²) in [5.74, 6) is -0.386. The third-order valence-electron chi connectivity index (χ3n) is 6.88. The van der Waals surface area contributed by atoms with Gasteiger partial charge in [0.1, 0.15) is 6.04 Å². The minimum Gasteiger partial charge on any atom is -0.480 e. The fourth-order valence-corrected chi connectivity index (χ4v) is 4.50. The summed E-state index contributed by atoms with van der Waals surface area (Å²) in [6.45, 7) is 0.561. The molecule has 0 bridgehead atoms. The van der Waals surface area contributed by atoms with Crippen LogP contribution in [0.2, 0.25) is 0 Å². The van der Waals surface area contributed by atoms with Crippen molar-refractivity contribution < 1.29 is 14.7 Å². The number of carboxylic acids is 1. The maximum Gasteiger partial charge on any atom is 0.320 e. The highest BCUT2D eigenvalue weighted by Crippen LogP contribution is 2.39. The number of aliphatic carboxylic acids is 1. The lowest BCUT2D eigenvalue weighted by molar-refractivity contribution is -0.138. The third kappa shape index (κ3) is 5.95. The van der Waals surface area contributed by atoms with Gasteiger partial charge in [0.05, 0.1) is 11.6 Å². The molecule has 3 aromatic carbocycles. The molecule has 178 valence electrons. The molecule has 3 aromatic rings. The Hall–Kier alpha value is -3.95. The highest BCUT2D eigenvalue weighted by molar-refractivity contribution is 5.94. The number of nitrogens with one attached hydrogen (secondary N) is 1. The number of hydrogen-bond acceptors (Lipinski definition) is 4. The van der Waals surface area contributed by atoms with Gasteiger partial charge in [-0.3, -0.25) is 9.59 Å². The molecule has 6 nitrogen and oxygen atoms in total. The van der Waals surface area contributed by atoms with Crippen molar-refractivity contribution in [2.45, 2.75) is 37.6 Å². The van der Waals surface area contributed by atoms with Gasteiger partial charge in [-0.05, 0) is 71.7 Å². The van der Waals surface area contributed by atoms with Crippen LogP contribution in [-0.2, 0) is 11.2 Å². The monoisotopic (exact) mass is 467 g/mol. The number of nitrogens with two attached hydrogens (primary N) is 1. The van der Waals surface area contributed by atoms with Crippen LogP contribution < -0.4 is 11.1 Å². The molecule has 1 saturated carbocycles. The van der Waals surface area contributed by atoms with Crippen molar-refractivity contribution in [3.05, 3.63) is 95.1 Å². The van der Waals surface area contributed by atoms with E-state index in [1.54, 1.807) is 24.3 Å². The predicted molar refractivity (Wildman–Crippen MR) is 135 cm³/mol. The molecule has 1 fully saturated rings. The van der Waals surface area contributed by atoms with E-state index in [4.69, 9.17) is 16.1 Å². The Kier molecular flexibility index (Phi) is 7.59. The van der Waals surface area contributed by atoms with Crippen molar-refractivity contribution in [1.29, 1.82) is 5.26 Å². The number of carbonyl (C=O) groups is 2. The summed E-state index contributed by atoms with van der Waals surface area (Å²) in [4.78, 5) is 23.7. The second kappa shape index (κ2) is 11.0. The number of nitriles is 1. The number of nitrogens with zero attached hydrogens (tertiary/aromatic N) is 1. The SMILES string of the molecule is N#Cc1ccc(-c2ccc([C@H](CNC(=O)c3ccc(CC(N)C(=O)O)cc3)C3CCC3)cc2)cc1. The van der Waals surface area contributed by atoms with Gasteiger partial charge in [0.2, 0.25) is 0 Å². The molecule has 1 unspecified atom stereocenters. The number of carboxylic acid groups (broad SMARTS) is 1. The first-order valence-corrected chi connectivity index (χ1v) is 11.9. The third-order valence-corrected chi connectivity index (χ3v) is 6.88. The first-order chi connectivity index (χ1) is 16.9. The van der Waals surface area contributed by atoms with E-state index in [0.717, 1.165) is 29.5 Å². The number of amides is 1. The molecular weight excluding hydrogens is 438 g/mol. The number of rotatable bonds is 9. The van der Waals surface area contributed by atoms with Crippen LogP contribution >= 0.6 is 0 Å². The van der Waals surface area contributed by atoms with E-state index in [1.807, 2.05) is 24.3 Å². The number of carbonyl (C=O) groups excluding carboxylic acids is 1. The Morgan fingerprint density at radius 1 is 0.971 bits per heavy atom. The molecule has 0 saturated heterocycles. The summed E-state index contributed by atoms with van der Waals surface area (Å²) in [5.41, 5.74) is 10.9. The van der Waals surface area contributed by atoms with E-state index < -0.39 is 12.0 Å². The average molecular weight is 468 g/mol. The second-order valence-corrected chi connectivity index (χ2v) is 9.16. The highest BCUT2D eigenvalue weighted by Gasteiger charge is 2.29. The van der Waals surface area contributed by atoms with E-state index in [2.05, 4.69) is 35.7 Å². The van der Waals surface area contributed by atoms with Gasteiger partial charge in [0.15, 0.2) is 0 Å². The van der Waals surface area contributed by atoms with Gasteiger partial charge in [0, 0.05) is 18.0 Å². The molecule has 0 aromatic heterocycles. The lowest BCUT2D eigenvalue weighted by Gasteiger charge is -2.34. The van der Waals surface area contributed by atoms with Crippen LogP contribution in [0.5, 0.6) is 0 Å². The zero-order chi connectivity index (χ0) is 24.8. The van der Waals surface area contributed by atoms with E-state index in [0.29, 0.717) is 23.6 Å². The Morgan fingerprint density at radius 2 is 1.57 bits per heavy atom. The van der Waals surface area contributed by atoms with Crippen LogP contribution in [0.1, 0.15) is 52.2 Å². The molecule has 2 atom stereocenters. The van der Waals surface area contributed by atoms with Crippen LogP contribution in [-0.4, -0.2) is 29.6 Å². The van der Waals surface area contributed by atoms with E-state index in [9.17, 15) is 9.59 Å². The summed E-state index contributed by atoms with van der Waals surface area (Å²) < 4.78 is 0. The standard InChI is InChI=1S/C29H29N3O3/c30-17-20-6-8-21(9-7-20)22-12-14-24(15-13-22)26(23-2-1-3-23)18-32-28(33)25-10-4-19(5-11-25)16-27(31)29(34)35/h4-15,23,26-27H,1-3,16,18,31H2,(H,32,33)(H,34,35)/t26-,27?/m1/s1. The van der Waals surface area contributed by atoms with E-state index in [1.165, 1.54) is 12.0 Å². The Labute approximate surface area is 205 Å². The minimum absolute atomic E-state index is 0.141. The maximum atomic E-state index is 12.8. The highest BCUT2D eigenvalue weighted by atomic mass is 16.4. The molecule has 0 spiro atoms. The number of hydrogen-bond donors (Lipinski definition) is 3. The second-order valence-electron chi connectivity index (χ2n) is 9.16. The normalized spacial score (nSPS) is 14.9. The van der Waals surface area contributed by atoms with E-state index >= 15 is 0 Å². The minimum atomic E-state index is -1.04. The summed E-state index contributed by atoms with van der Waals surface area (Å²) >= 11 is 0. The molecule has 1 aliphatic rings. The molecule has 4 rings (SSSR count). The quantitative estimate of drug-likeness (QED) is 0.429. The van der Waals surface area contributed by atoms with Crippen molar-refractivity contribution in [2.75, 3.05) is 6.54 Å². The smallest absolute Gasteiger partial charge is 0.320 e. The largest absolute Gasteiger partial charge is 0.480 e. The zero-order valence-corrected chi connectivity index (χ0v) is 19.5. The summed E-state index contributed by atoms with van der Waals surface area (Å²) in [5, 5.41) is 21.1. The first-order valence-electron chi connectivity index (χ1n) is 11.9.